The molecule has 1 saturated heterocycles. The van der Waals surface area contributed by atoms with Gasteiger partial charge < -0.3 is 10.2 Å². The second-order valence-electron chi connectivity index (χ2n) is 4.32. The molecule has 1 unspecified atom stereocenters. The molecule has 1 aliphatic rings. The zero-order valence-corrected chi connectivity index (χ0v) is 10.6. The van der Waals surface area contributed by atoms with Crippen LogP contribution in [-0.4, -0.2) is 50.1 Å². The van der Waals surface area contributed by atoms with E-state index in [4.69, 9.17) is 0 Å². The summed E-state index contributed by atoms with van der Waals surface area (Å²) in [5.41, 5.74) is 0. The Morgan fingerprint density at radius 1 is 1.43 bits per heavy atom. The molecule has 0 amide bonds. The highest BCUT2D eigenvalue weighted by Gasteiger charge is 2.23. The van der Waals surface area contributed by atoms with Crippen molar-refractivity contribution in [3.8, 4) is 0 Å². The van der Waals surface area contributed by atoms with Crippen LogP contribution in [0.1, 0.15) is 19.3 Å². The molecule has 1 fully saturated rings. The summed E-state index contributed by atoms with van der Waals surface area (Å²) in [6, 6.07) is 0.746. The predicted molar refractivity (Wildman–Crippen MR) is 66.1 cm³/mol. The molecule has 1 N–H and O–H groups in total. The molecule has 1 rings (SSSR count). The van der Waals surface area contributed by atoms with Crippen molar-refractivity contribution in [2.75, 3.05) is 39.2 Å². The van der Waals surface area contributed by atoms with Gasteiger partial charge in [0.05, 0.1) is 0 Å². The van der Waals surface area contributed by atoms with Gasteiger partial charge in [0.2, 0.25) is 0 Å². The molecular formula is C11H24N2S. The number of rotatable bonds is 5. The molecule has 0 aromatic carbocycles. The third kappa shape index (κ3) is 3.79. The van der Waals surface area contributed by atoms with Gasteiger partial charge in [0.15, 0.2) is 0 Å². The van der Waals surface area contributed by atoms with E-state index in [1.165, 1.54) is 38.1 Å². The highest BCUT2D eigenvalue weighted by atomic mass is 32.2. The van der Waals surface area contributed by atoms with Crippen LogP contribution in [0, 0.1) is 5.92 Å². The maximum atomic E-state index is 3.49. The van der Waals surface area contributed by atoms with Gasteiger partial charge in [0.1, 0.15) is 0 Å². The average Bonchev–Trinajstić information content (AvgIpc) is 2.21. The SMILES string of the molecule is CNC(CCSC)C1CCN(C)CC1. The lowest BCUT2D eigenvalue weighted by atomic mass is 9.88. The van der Waals surface area contributed by atoms with Crippen molar-refractivity contribution in [1.29, 1.82) is 0 Å². The smallest absolute Gasteiger partial charge is 0.0101 e. The van der Waals surface area contributed by atoms with Crippen molar-refractivity contribution in [2.45, 2.75) is 25.3 Å². The monoisotopic (exact) mass is 216 g/mol. The standard InChI is InChI=1S/C11H24N2S/c1-12-11(6-9-14-3)10-4-7-13(2)8-5-10/h10-12H,4-9H2,1-3H3. The zero-order chi connectivity index (χ0) is 10.4. The molecule has 3 heteroatoms. The minimum Gasteiger partial charge on any atom is -0.317 e. The molecule has 0 radical (unpaired) electrons. The zero-order valence-electron chi connectivity index (χ0n) is 9.75. The van der Waals surface area contributed by atoms with Crippen LogP contribution >= 0.6 is 11.8 Å². The first-order valence-corrected chi connectivity index (χ1v) is 7.02. The Morgan fingerprint density at radius 3 is 2.57 bits per heavy atom. The molecule has 1 atom stereocenters. The van der Waals surface area contributed by atoms with Crippen LogP contribution in [0.25, 0.3) is 0 Å². The van der Waals surface area contributed by atoms with E-state index in [9.17, 15) is 0 Å². The first-order valence-electron chi connectivity index (χ1n) is 5.62. The third-order valence-electron chi connectivity index (χ3n) is 3.34. The van der Waals surface area contributed by atoms with Gasteiger partial charge in [0, 0.05) is 6.04 Å². The first kappa shape index (κ1) is 12.3. The molecule has 84 valence electrons. The van der Waals surface area contributed by atoms with Gasteiger partial charge in [-0.25, -0.2) is 0 Å². The average molecular weight is 216 g/mol. The van der Waals surface area contributed by atoms with Gasteiger partial charge in [-0.2, -0.15) is 11.8 Å². The molecule has 0 bridgehead atoms. The van der Waals surface area contributed by atoms with E-state index in [1.54, 1.807) is 0 Å². The van der Waals surface area contributed by atoms with Gasteiger partial charge in [-0.1, -0.05) is 0 Å². The topological polar surface area (TPSA) is 15.3 Å². The lowest BCUT2D eigenvalue weighted by Crippen LogP contribution is -2.41. The maximum absolute atomic E-state index is 3.49. The Kier molecular flexibility index (Phi) is 5.90. The second-order valence-corrected chi connectivity index (χ2v) is 5.30. The summed E-state index contributed by atoms with van der Waals surface area (Å²) in [5, 5.41) is 3.49. The summed E-state index contributed by atoms with van der Waals surface area (Å²) in [7, 11) is 4.34. The fourth-order valence-corrected chi connectivity index (χ4v) is 2.78. The summed E-state index contributed by atoms with van der Waals surface area (Å²) >= 11 is 1.96. The summed E-state index contributed by atoms with van der Waals surface area (Å²) in [5.74, 6) is 2.20. The normalized spacial score (nSPS) is 22.5. The van der Waals surface area contributed by atoms with E-state index < -0.39 is 0 Å². The first-order chi connectivity index (χ1) is 6.77. The second kappa shape index (κ2) is 6.70. The molecule has 0 saturated carbocycles. The number of nitrogens with one attached hydrogen (secondary N) is 1. The third-order valence-corrected chi connectivity index (χ3v) is 3.98. The Hall–Kier alpha value is 0.270. The molecule has 1 heterocycles. The van der Waals surface area contributed by atoms with Crippen LogP contribution in [-0.2, 0) is 0 Å². The summed E-state index contributed by atoms with van der Waals surface area (Å²) < 4.78 is 0. The molecule has 0 aromatic heterocycles. The Morgan fingerprint density at radius 2 is 2.07 bits per heavy atom. The van der Waals surface area contributed by atoms with Crippen LogP contribution in [0.2, 0.25) is 0 Å². The molecule has 0 aromatic rings. The van der Waals surface area contributed by atoms with Gasteiger partial charge in [0.25, 0.3) is 0 Å². The highest BCUT2D eigenvalue weighted by molar-refractivity contribution is 7.98. The van der Waals surface area contributed by atoms with E-state index >= 15 is 0 Å². The van der Waals surface area contributed by atoms with E-state index in [0.717, 1.165) is 12.0 Å². The van der Waals surface area contributed by atoms with Crippen molar-refractivity contribution in [3.63, 3.8) is 0 Å². The molecular weight excluding hydrogens is 192 g/mol. The number of thioether (sulfide) groups is 1. The highest BCUT2D eigenvalue weighted by Crippen LogP contribution is 2.22. The molecule has 0 aliphatic carbocycles. The lowest BCUT2D eigenvalue weighted by molar-refractivity contribution is 0.186. The van der Waals surface area contributed by atoms with Gasteiger partial charge in [-0.3, -0.25) is 0 Å². The number of hydrogen-bond donors (Lipinski definition) is 1. The van der Waals surface area contributed by atoms with E-state index in [1.807, 2.05) is 11.8 Å². The van der Waals surface area contributed by atoms with Crippen molar-refractivity contribution in [1.82, 2.24) is 10.2 Å². The van der Waals surface area contributed by atoms with Crippen LogP contribution in [0.4, 0.5) is 0 Å². The number of likely N-dealkylation sites (tertiary alicyclic amines) is 1. The summed E-state index contributed by atoms with van der Waals surface area (Å²) in [6.45, 7) is 2.56. The number of hydrogen-bond acceptors (Lipinski definition) is 3. The van der Waals surface area contributed by atoms with Crippen molar-refractivity contribution < 1.29 is 0 Å². The Labute approximate surface area is 92.8 Å². The molecule has 2 nitrogen and oxygen atoms in total. The summed E-state index contributed by atoms with van der Waals surface area (Å²) in [6.07, 6.45) is 6.26. The molecule has 14 heavy (non-hydrogen) atoms. The quantitative estimate of drug-likeness (QED) is 0.752. The van der Waals surface area contributed by atoms with E-state index in [0.29, 0.717) is 0 Å². The van der Waals surface area contributed by atoms with Crippen molar-refractivity contribution >= 4 is 11.8 Å². The van der Waals surface area contributed by atoms with Crippen LogP contribution in [0.3, 0.4) is 0 Å². The summed E-state index contributed by atoms with van der Waals surface area (Å²) in [4.78, 5) is 2.44. The van der Waals surface area contributed by atoms with Crippen LogP contribution in [0.15, 0.2) is 0 Å². The molecule has 0 spiro atoms. The number of piperidine rings is 1. The lowest BCUT2D eigenvalue weighted by Gasteiger charge is -2.34. The van der Waals surface area contributed by atoms with Gasteiger partial charge >= 0.3 is 0 Å². The minimum absolute atomic E-state index is 0.746. The van der Waals surface area contributed by atoms with E-state index in [-0.39, 0.29) is 0 Å². The Bertz CT molecular complexity index is 141. The fraction of sp³-hybridized carbons (Fsp3) is 1.00. The largest absolute Gasteiger partial charge is 0.317 e. The van der Waals surface area contributed by atoms with Gasteiger partial charge in [-0.05, 0) is 64.4 Å². The fourth-order valence-electron chi connectivity index (χ4n) is 2.29. The van der Waals surface area contributed by atoms with Crippen LogP contribution in [0.5, 0.6) is 0 Å². The predicted octanol–water partition coefficient (Wildman–Crippen LogP) is 1.67. The van der Waals surface area contributed by atoms with Crippen LogP contribution < -0.4 is 5.32 Å². The van der Waals surface area contributed by atoms with Gasteiger partial charge in [-0.15, -0.1) is 0 Å². The molecule has 1 aliphatic heterocycles. The van der Waals surface area contributed by atoms with Crippen molar-refractivity contribution in [2.24, 2.45) is 5.92 Å². The van der Waals surface area contributed by atoms with E-state index in [2.05, 4.69) is 30.6 Å². The minimum atomic E-state index is 0.746. The Balaban J connectivity index is 2.29. The van der Waals surface area contributed by atoms with Crippen molar-refractivity contribution in [3.05, 3.63) is 0 Å². The maximum Gasteiger partial charge on any atom is 0.0101 e. The number of nitrogens with zero attached hydrogens (tertiary/aromatic N) is 1.